The van der Waals surface area contributed by atoms with Crippen LogP contribution < -0.4 is 10.1 Å². The van der Waals surface area contributed by atoms with Crippen molar-refractivity contribution in [3.05, 3.63) is 52.4 Å². The Balaban J connectivity index is 1.86. The highest BCUT2D eigenvalue weighted by atomic mass is 79.9. The zero-order valence-corrected chi connectivity index (χ0v) is 12.8. The molecule has 1 N–H and O–H groups in total. The number of carbonyl (C=O) groups is 1. The van der Waals surface area contributed by atoms with Crippen LogP contribution in [0.15, 0.2) is 45.5 Å². The summed E-state index contributed by atoms with van der Waals surface area (Å²) < 4.78 is 11.2. The van der Waals surface area contributed by atoms with E-state index in [0.29, 0.717) is 23.6 Å². The van der Waals surface area contributed by atoms with Crippen molar-refractivity contribution in [2.24, 2.45) is 0 Å². The average molecular weight is 338 g/mol. The molecule has 0 fully saturated rings. The average Bonchev–Trinajstić information content (AvgIpc) is 2.90. The highest BCUT2D eigenvalue weighted by Gasteiger charge is 2.09. The number of hydrogen-bond acceptors (Lipinski definition) is 3. The molecule has 0 bridgehead atoms. The van der Waals surface area contributed by atoms with Crippen molar-refractivity contribution >= 4 is 21.8 Å². The molecule has 1 aromatic carbocycles. The monoisotopic (exact) mass is 337 g/mol. The third-order valence-corrected chi connectivity index (χ3v) is 3.07. The summed E-state index contributed by atoms with van der Waals surface area (Å²) in [4.78, 5) is 11.8. The van der Waals surface area contributed by atoms with Gasteiger partial charge in [-0.15, -0.1) is 0 Å². The first-order valence-electron chi connectivity index (χ1n) is 6.44. The number of halogens is 1. The molecule has 0 aliphatic rings. The largest absolute Gasteiger partial charge is 0.494 e. The van der Waals surface area contributed by atoms with E-state index in [2.05, 4.69) is 28.2 Å². The van der Waals surface area contributed by atoms with Crippen molar-refractivity contribution in [3.63, 3.8) is 0 Å². The summed E-state index contributed by atoms with van der Waals surface area (Å²) in [5, 5.41) is 2.80. The van der Waals surface area contributed by atoms with E-state index in [-0.39, 0.29) is 5.91 Å². The SMILES string of the molecule is CCCOc1ccc(CNC(=O)c2ccc(Br)o2)cc1. The van der Waals surface area contributed by atoms with Gasteiger partial charge in [0.15, 0.2) is 10.4 Å². The summed E-state index contributed by atoms with van der Waals surface area (Å²) in [5.41, 5.74) is 1.01. The maximum atomic E-state index is 11.8. The van der Waals surface area contributed by atoms with Gasteiger partial charge in [-0.2, -0.15) is 0 Å². The maximum absolute atomic E-state index is 11.8. The molecule has 0 spiro atoms. The number of ether oxygens (including phenoxy) is 1. The molecule has 106 valence electrons. The van der Waals surface area contributed by atoms with Crippen molar-refractivity contribution in [1.29, 1.82) is 0 Å². The quantitative estimate of drug-likeness (QED) is 0.873. The molecule has 4 nitrogen and oxygen atoms in total. The molecule has 1 heterocycles. The Morgan fingerprint density at radius 2 is 2.00 bits per heavy atom. The van der Waals surface area contributed by atoms with Gasteiger partial charge in [-0.3, -0.25) is 4.79 Å². The molecule has 0 aliphatic heterocycles. The smallest absolute Gasteiger partial charge is 0.287 e. The molecule has 0 saturated heterocycles. The standard InChI is InChI=1S/C15H16BrNO3/c1-2-9-19-12-5-3-11(4-6-12)10-17-15(18)13-7-8-14(16)20-13/h3-8H,2,9-10H2,1H3,(H,17,18). The van der Waals surface area contributed by atoms with Gasteiger partial charge in [0.25, 0.3) is 5.91 Å². The van der Waals surface area contributed by atoms with Crippen molar-refractivity contribution < 1.29 is 13.9 Å². The van der Waals surface area contributed by atoms with E-state index in [4.69, 9.17) is 9.15 Å². The first-order valence-corrected chi connectivity index (χ1v) is 7.23. The lowest BCUT2D eigenvalue weighted by atomic mass is 10.2. The van der Waals surface area contributed by atoms with Crippen LogP contribution in [0.5, 0.6) is 5.75 Å². The number of benzene rings is 1. The van der Waals surface area contributed by atoms with Crippen LogP contribution in [0.3, 0.4) is 0 Å². The van der Waals surface area contributed by atoms with Crippen LogP contribution in [0.1, 0.15) is 29.5 Å². The van der Waals surface area contributed by atoms with E-state index >= 15 is 0 Å². The zero-order chi connectivity index (χ0) is 14.4. The summed E-state index contributed by atoms with van der Waals surface area (Å²) in [6, 6.07) is 11.0. The van der Waals surface area contributed by atoms with Gasteiger partial charge in [0.05, 0.1) is 6.61 Å². The van der Waals surface area contributed by atoms with Crippen molar-refractivity contribution in [2.45, 2.75) is 19.9 Å². The summed E-state index contributed by atoms with van der Waals surface area (Å²) in [6.45, 7) is 3.23. The Morgan fingerprint density at radius 1 is 1.25 bits per heavy atom. The number of furan rings is 1. The Kier molecular flexibility index (Phi) is 5.24. The van der Waals surface area contributed by atoms with Gasteiger partial charge >= 0.3 is 0 Å². The van der Waals surface area contributed by atoms with Gasteiger partial charge in [-0.05, 0) is 52.2 Å². The highest BCUT2D eigenvalue weighted by Crippen LogP contribution is 2.15. The van der Waals surface area contributed by atoms with Gasteiger partial charge in [-0.25, -0.2) is 0 Å². The molecular formula is C15H16BrNO3. The fraction of sp³-hybridized carbons (Fsp3) is 0.267. The lowest BCUT2D eigenvalue weighted by Gasteiger charge is -2.06. The number of nitrogens with one attached hydrogen (secondary N) is 1. The van der Waals surface area contributed by atoms with Crippen molar-refractivity contribution in [1.82, 2.24) is 5.32 Å². The van der Waals surface area contributed by atoms with Crippen molar-refractivity contribution in [3.8, 4) is 5.75 Å². The van der Waals surface area contributed by atoms with Crippen molar-refractivity contribution in [2.75, 3.05) is 6.61 Å². The van der Waals surface area contributed by atoms with Crippen LogP contribution in [0.2, 0.25) is 0 Å². The third-order valence-electron chi connectivity index (χ3n) is 2.65. The molecule has 20 heavy (non-hydrogen) atoms. The predicted molar refractivity (Wildman–Crippen MR) is 79.8 cm³/mol. The van der Waals surface area contributed by atoms with E-state index in [1.165, 1.54) is 0 Å². The fourth-order valence-corrected chi connectivity index (χ4v) is 1.94. The molecule has 2 rings (SSSR count). The molecule has 0 saturated carbocycles. The van der Waals surface area contributed by atoms with E-state index < -0.39 is 0 Å². The Bertz CT molecular complexity index is 563. The predicted octanol–water partition coefficient (Wildman–Crippen LogP) is 3.76. The van der Waals surface area contributed by atoms with E-state index in [0.717, 1.165) is 17.7 Å². The third kappa shape index (κ3) is 4.13. The molecule has 1 aromatic heterocycles. The van der Waals surface area contributed by atoms with Gasteiger partial charge in [0, 0.05) is 6.54 Å². The Labute approximate surface area is 126 Å². The van der Waals surface area contributed by atoms with Crippen LogP contribution in [0.4, 0.5) is 0 Å². The molecule has 0 aliphatic carbocycles. The van der Waals surface area contributed by atoms with Gasteiger partial charge < -0.3 is 14.5 Å². The van der Waals surface area contributed by atoms with Crippen LogP contribution in [0, 0.1) is 0 Å². The minimum atomic E-state index is -0.234. The van der Waals surface area contributed by atoms with Gasteiger partial charge in [0.2, 0.25) is 0 Å². The summed E-state index contributed by atoms with van der Waals surface area (Å²) in [6.07, 6.45) is 0.983. The van der Waals surface area contributed by atoms with Gasteiger partial charge in [0.1, 0.15) is 5.75 Å². The Morgan fingerprint density at radius 3 is 2.60 bits per heavy atom. The number of carbonyl (C=O) groups excluding carboxylic acids is 1. The molecule has 1 amide bonds. The van der Waals surface area contributed by atoms with Crippen LogP contribution in [-0.4, -0.2) is 12.5 Å². The lowest BCUT2D eigenvalue weighted by Crippen LogP contribution is -2.22. The van der Waals surface area contributed by atoms with E-state index in [1.807, 2.05) is 24.3 Å². The normalized spacial score (nSPS) is 10.3. The second-order valence-corrected chi connectivity index (χ2v) is 5.06. The van der Waals surface area contributed by atoms with Crippen LogP contribution in [-0.2, 0) is 6.54 Å². The minimum absolute atomic E-state index is 0.234. The number of amides is 1. The summed E-state index contributed by atoms with van der Waals surface area (Å²) >= 11 is 3.16. The summed E-state index contributed by atoms with van der Waals surface area (Å²) in [7, 11) is 0. The topological polar surface area (TPSA) is 51.5 Å². The molecule has 5 heteroatoms. The lowest BCUT2D eigenvalue weighted by molar-refractivity contribution is 0.0922. The molecule has 0 atom stereocenters. The maximum Gasteiger partial charge on any atom is 0.287 e. The first-order chi connectivity index (χ1) is 9.69. The summed E-state index contributed by atoms with van der Waals surface area (Å²) in [5.74, 6) is 0.902. The molecule has 0 radical (unpaired) electrons. The highest BCUT2D eigenvalue weighted by molar-refractivity contribution is 9.10. The second kappa shape index (κ2) is 7.14. The number of rotatable bonds is 6. The fourth-order valence-electron chi connectivity index (χ4n) is 1.63. The van der Waals surface area contributed by atoms with Crippen LogP contribution >= 0.6 is 15.9 Å². The minimum Gasteiger partial charge on any atom is -0.494 e. The molecular weight excluding hydrogens is 322 g/mol. The second-order valence-electron chi connectivity index (χ2n) is 4.28. The number of hydrogen-bond donors (Lipinski definition) is 1. The Hall–Kier alpha value is -1.75. The van der Waals surface area contributed by atoms with E-state index in [1.54, 1.807) is 12.1 Å². The van der Waals surface area contributed by atoms with Crippen LogP contribution in [0.25, 0.3) is 0 Å². The first kappa shape index (κ1) is 14.7. The zero-order valence-electron chi connectivity index (χ0n) is 11.2. The van der Waals surface area contributed by atoms with E-state index in [9.17, 15) is 4.79 Å². The molecule has 0 unspecified atom stereocenters. The van der Waals surface area contributed by atoms with Gasteiger partial charge in [-0.1, -0.05) is 19.1 Å². The molecule has 2 aromatic rings.